The predicted octanol–water partition coefficient (Wildman–Crippen LogP) is 4.17. The van der Waals surface area contributed by atoms with Crippen molar-refractivity contribution in [2.24, 2.45) is 5.14 Å². The lowest BCUT2D eigenvalue weighted by Gasteiger charge is -2.41. The number of hydrogen-bond acceptors (Lipinski definition) is 5. The van der Waals surface area contributed by atoms with Gasteiger partial charge in [0, 0.05) is 24.6 Å². The van der Waals surface area contributed by atoms with Crippen LogP contribution in [0.1, 0.15) is 82.4 Å². The molecule has 0 unspecified atom stereocenters. The van der Waals surface area contributed by atoms with Gasteiger partial charge in [-0.1, -0.05) is 64.3 Å². The molecule has 0 spiro atoms. The minimum Gasteiger partial charge on any atom is -0.390 e. The molecule has 1 aliphatic rings. The SMILES string of the molecule is CC(C)(C)c1cccc(C2(NC[C@@H](O)[C@H](Cc3cc(F)cc(F)c3)NC(=O)CCCS(N)(=O)=O)CCCCC2)c1. The van der Waals surface area contributed by atoms with Crippen LogP contribution in [0, 0.1) is 11.6 Å². The van der Waals surface area contributed by atoms with Crippen LogP contribution in [0.2, 0.25) is 0 Å². The Morgan fingerprint density at radius 3 is 2.33 bits per heavy atom. The van der Waals surface area contributed by atoms with Gasteiger partial charge in [0.2, 0.25) is 15.9 Å². The van der Waals surface area contributed by atoms with E-state index in [0.717, 1.165) is 43.7 Å². The molecule has 0 aromatic heterocycles. The fourth-order valence-corrected chi connectivity index (χ4v) is 5.97. The molecular formula is C30H43F2N3O4S. The maximum Gasteiger partial charge on any atom is 0.220 e. The summed E-state index contributed by atoms with van der Waals surface area (Å²) in [6.45, 7) is 6.65. The van der Waals surface area contributed by atoms with Crippen LogP contribution in [0.15, 0.2) is 42.5 Å². The zero-order chi connectivity index (χ0) is 29.6. The maximum absolute atomic E-state index is 13.9. The third kappa shape index (κ3) is 9.61. The summed E-state index contributed by atoms with van der Waals surface area (Å²) < 4.78 is 50.3. The summed E-state index contributed by atoms with van der Waals surface area (Å²) in [6, 6.07) is 10.8. The summed E-state index contributed by atoms with van der Waals surface area (Å²) in [7, 11) is -3.71. The number of halogens is 2. The van der Waals surface area contributed by atoms with E-state index in [0.29, 0.717) is 0 Å². The fourth-order valence-electron chi connectivity index (χ4n) is 5.43. The summed E-state index contributed by atoms with van der Waals surface area (Å²) in [5.41, 5.74) is 2.29. The topological polar surface area (TPSA) is 122 Å². The summed E-state index contributed by atoms with van der Waals surface area (Å²) >= 11 is 0. The van der Waals surface area contributed by atoms with E-state index in [2.05, 4.69) is 55.7 Å². The van der Waals surface area contributed by atoms with Gasteiger partial charge >= 0.3 is 0 Å². The van der Waals surface area contributed by atoms with Gasteiger partial charge in [0.05, 0.1) is 17.9 Å². The van der Waals surface area contributed by atoms with E-state index < -0.39 is 39.7 Å². The van der Waals surface area contributed by atoms with Crippen LogP contribution in [0.25, 0.3) is 0 Å². The van der Waals surface area contributed by atoms with Crippen molar-refractivity contribution in [1.82, 2.24) is 10.6 Å². The highest BCUT2D eigenvalue weighted by Gasteiger charge is 2.35. The minimum absolute atomic E-state index is 0.00896. The number of sulfonamides is 1. The van der Waals surface area contributed by atoms with Crippen molar-refractivity contribution in [3.05, 3.63) is 70.8 Å². The van der Waals surface area contributed by atoms with Gasteiger partial charge in [0.1, 0.15) is 11.6 Å². The van der Waals surface area contributed by atoms with E-state index in [1.165, 1.54) is 17.7 Å². The predicted molar refractivity (Wildman–Crippen MR) is 153 cm³/mol. The zero-order valence-electron chi connectivity index (χ0n) is 23.7. The van der Waals surface area contributed by atoms with Gasteiger partial charge in [-0.2, -0.15) is 0 Å². The van der Waals surface area contributed by atoms with Gasteiger partial charge in [-0.25, -0.2) is 22.3 Å². The van der Waals surface area contributed by atoms with Crippen LogP contribution in [0.3, 0.4) is 0 Å². The Kier molecular flexibility index (Phi) is 10.8. The second-order valence-corrected chi connectivity index (χ2v) is 13.8. The molecule has 222 valence electrons. The van der Waals surface area contributed by atoms with Crippen molar-refractivity contribution in [2.75, 3.05) is 12.3 Å². The first-order valence-electron chi connectivity index (χ1n) is 14.0. The Balaban J connectivity index is 1.80. The quantitative estimate of drug-likeness (QED) is 0.301. The normalized spacial score (nSPS) is 17.3. The summed E-state index contributed by atoms with van der Waals surface area (Å²) in [5.74, 6) is -2.32. The van der Waals surface area contributed by atoms with Crippen molar-refractivity contribution in [2.45, 2.75) is 95.2 Å². The first-order valence-corrected chi connectivity index (χ1v) is 15.7. The lowest BCUT2D eigenvalue weighted by atomic mass is 9.74. The van der Waals surface area contributed by atoms with Gasteiger partial charge in [0.15, 0.2) is 0 Å². The molecule has 1 amide bonds. The second kappa shape index (κ2) is 13.5. The molecule has 5 N–H and O–H groups in total. The molecule has 1 aliphatic carbocycles. The van der Waals surface area contributed by atoms with Gasteiger partial charge in [-0.15, -0.1) is 0 Å². The molecule has 2 aromatic rings. The monoisotopic (exact) mass is 579 g/mol. The molecule has 1 fully saturated rings. The Morgan fingerprint density at radius 2 is 1.73 bits per heavy atom. The average Bonchev–Trinajstić information content (AvgIpc) is 2.85. The Bertz CT molecular complexity index is 1240. The molecule has 0 bridgehead atoms. The van der Waals surface area contributed by atoms with Crippen molar-refractivity contribution in [3.63, 3.8) is 0 Å². The van der Waals surface area contributed by atoms with Crippen molar-refractivity contribution in [1.29, 1.82) is 0 Å². The highest BCUT2D eigenvalue weighted by Crippen LogP contribution is 2.38. The van der Waals surface area contributed by atoms with Crippen LogP contribution in [-0.2, 0) is 32.2 Å². The Morgan fingerprint density at radius 1 is 1.07 bits per heavy atom. The van der Waals surface area contributed by atoms with E-state index in [1.807, 2.05) is 0 Å². The third-order valence-electron chi connectivity index (χ3n) is 7.66. The molecule has 0 saturated heterocycles. The standard InChI is InChI=1S/C30H43F2N3O4S/c1-29(2,3)22-9-7-10-23(18-22)30(12-5-4-6-13-30)34-20-27(36)26(17-21-15-24(31)19-25(32)16-21)35-28(37)11-8-14-40(33,38)39/h7,9-10,15-16,18-19,26-27,34,36H,4-6,8,11-14,17,20H2,1-3H3,(H,35,37)(H2,33,38,39)/t26-,27+/m0/s1. The Labute approximate surface area is 237 Å². The number of primary sulfonamides is 1. The first kappa shape index (κ1) is 32.1. The van der Waals surface area contributed by atoms with Gasteiger partial charge in [-0.3, -0.25) is 4.79 Å². The molecule has 7 nitrogen and oxygen atoms in total. The van der Waals surface area contributed by atoms with Crippen LogP contribution in [0.4, 0.5) is 8.78 Å². The minimum atomic E-state index is -3.71. The second-order valence-electron chi connectivity index (χ2n) is 12.0. The van der Waals surface area contributed by atoms with Crippen LogP contribution in [-0.4, -0.2) is 43.9 Å². The van der Waals surface area contributed by atoms with Crippen LogP contribution >= 0.6 is 0 Å². The first-order chi connectivity index (χ1) is 18.7. The largest absolute Gasteiger partial charge is 0.390 e. The van der Waals surface area contributed by atoms with E-state index >= 15 is 0 Å². The third-order valence-corrected chi connectivity index (χ3v) is 8.52. The van der Waals surface area contributed by atoms with Gasteiger partial charge in [0.25, 0.3) is 0 Å². The molecule has 1 saturated carbocycles. The van der Waals surface area contributed by atoms with Crippen molar-refractivity contribution < 1.29 is 27.1 Å². The number of rotatable bonds is 12. The molecule has 2 aromatic carbocycles. The van der Waals surface area contributed by atoms with E-state index in [4.69, 9.17) is 5.14 Å². The molecular weight excluding hydrogens is 536 g/mol. The molecule has 0 aliphatic heterocycles. The van der Waals surface area contributed by atoms with Crippen LogP contribution in [0.5, 0.6) is 0 Å². The van der Waals surface area contributed by atoms with Crippen molar-refractivity contribution >= 4 is 15.9 Å². The molecule has 2 atom stereocenters. The van der Waals surface area contributed by atoms with Crippen LogP contribution < -0.4 is 15.8 Å². The fraction of sp³-hybridized carbons (Fsp3) is 0.567. The van der Waals surface area contributed by atoms with Crippen molar-refractivity contribution in [3.8, 4) is 0 Å². The number of amides is 1. The number of carbonyl (C=O) groups is 1. The molecule has 3 rings (SSSR count). The number of nitrogens with one attached hydrogen (secondary N) is 2. The lowest BCUT2D eigenvalue weighted by molar-refractivity contribution is -0.122. The lowest BCUT2D eigenvalue weighted by Crippen LogP contribution is -2.53. The molecule has 10 heteroatoms. The van der Waals surface area contributed by atoms with E-state index in [1.54, 1.807) is 0 Å². The Hall–Kier alpha value is -2.40. The van der Waals surface area contributed by atoms with E-state index in [-0.39, 0.29) is 48.1 Å². The van der Waals surface area contributed by atoms with Gasteiger partial charge < -0.3 is 15.7 Å². The molecule has 0 heterocycles. The van der Waals surface area contributed by atoms with E-state index in [9.17, 15) is 27.1 Å². The number of aliphatic hydroxyl groups excluding tert-OH is 1. The number of hydrogen-bond donors (Lipinski definition) is 4. The smallest absolute Gasteiger partial charge is 0.220 e. The zero-order valence-corrected chi connectivity index (χ0v) is 24.5. The summed E-state index contributed by atoms with van der Waals surface area (Å²) in [6.07, 6.45) is 3.81. The number of benzene rings is 2. The maximum atomic E-state index is 13.9. The summed E-state index contributed by atoms with van der Waals surface area (Å²) in [5, 5.41) is 22.7. The van der Waals surface area contributed by atoms with Gasteiger partial charge in [-0.05, 0) is 59.9 Å². The molecule has 0 radical (unpaired) electrons. The highest BCUT2D eigenvalue weighted by molar-refractivity contribution is 7.89. The number of nitrogens with two attached hydrogens (primary N) is 1. The average molecular weight is 580 g/mol. The number of carbonyl (C=O) groups excluding carboxylic acids is 1. The molecule has 40 heavy (non-hydrogen) atoms. The highest BCUT2D eigenvalue weighted by atomic mass is 32.2. The summed E-state index contributed by atoms with van der Waals surface area (Å²) in [4.78, 5) is 12.7. The number of aliphatic hydroxyl groups is 1.